The Kier molecular flexibility index (Phi) is 8.63. The number of Topliss-reactive ketones (excluding diaryl/α,β-unsaturated/α-hetero) is 1. The van der Waals surface area contributed by atoms with Crippen molar-refractivity contribution in [1.29, 1.82) is 0 Å². The lowest BCUT2D eigenvalue weighted by atomic mass is 9.84. The number of nitrogens with zero attached hydrogens (tertiary/aromatic N) is 1. The van der Waals surface area contributed by atoms with E-state index >= 15 is 0 Å². The molecule has 1 unspecified atom stereocenters. The lowest BCUT2D eigenvalue weighted by Crippen LogP contribution is -2.32. The number of rotatable bonds is 9. The fraction of sp³-hybridized carbons (Fsp3) is 0.310. The Morgan fingerprint density at radius 1 is 1.02 bits per heavy atom. The third kappa shape index (κ3) is 5.96. The van der Waals surface area contributed by atoms with Crippen LogP contribution in [0.4, 0.5) is 0 Å². The molecule has 1 atom stereocenters. The molecule has 0 fully saturated rings. The molecular weight excluding hydrogens is 584 g/mol. The van der Waals surface area contributed by atoms with Gasteiger partial charge in [-0.2, -0.15) is 16.8 Å². The SMILES string of the molecule is Cc1ccc2c(c1S(=O)(=O)O)OC1=C(S(=O)(=O)O)C(N)C=CC1=C2c1ccccc1C(=O)N(C)CCCC(=O)C(C)C. The van der Waals surface area contributed by atoms with Gasteiger partial charge in [-0.25, -0.2) is 0 Å². The Morgan fingerprint density at radius 2 is 1.69 bits per heavy atom. The molecule has 0 saturated heterocycles. The maximum absolute atomic E-state index is 13.7. The van der Waals surface area contributed by atoms with Crippen molar-refractivity contribution >= 4 is 37.5 Å². The molecular formula is C29H32N2O9S2. The van der Waals surface area contributed by atoms with Gasteiger partial charge in [0.2, 0.25) is 0 Å². The number of carbonyl (C=O) groups is 2. The van der Waals surface area contributed by atoms with E-state index in [4.69, 9.17) is 10.5 Å². The number of hydrogen-bond donors (Lipinski definition) is 3. The van der Waals surface area contributed by atoms with Crippen LogP contribution in [0.2, 0.25) is 0 Å². The van der Waals surface area contributed by atoms with Crippen LogP contribution in [0.3, 0.4) is 0 Å². The molecule has 4 N–H and O–H groups in total. The van der Waals surface area contributed by atoms with Crippen LogP contribution < -0.4 is 10.5 Å². The maximum Gasteiger partial charge on any atom is 0.298 e. The van der Waals surface area contributed by atoms with E-state index in [2.05, 4.69) is 0 Å². The molecule has 2 aliphatic rings. The van der Waals surface area contributed by atoms with Crippen molar-refractivity contribution in [2.45, 2.75) is 44.6 Å². The molecule has 42 heavy (non-hydrogen) atoms. The number of ketones is 1. The van der Waals surface area contributed by atoms with Crippen LogP contribution in [0.1, 0.15) is 53.7 Å². The topological polar surface area (TPSA) is 181 Å². The van der Waals surface area contributed by atoms with Crippen molar-refractivity contribution in [2.24, 2.45) is 11.7 Å². The lowest BCUT2D eigenvalue weighted by molar-refractivity contribution is -0.122. The summed E-state index contributed by atoms with van der Waals surface area (Å²) in [5, 5.41) is 0. The molecule has 1 aliphatic carbocycles. The first kappa shape index (κ1) is 31.3. The highest BCUT2D eigenvalue weighted by atomic mass is 32.2. The minimum absolute atomic E-state index is 0.0863. The highest BCUT2D eigenvalue weighted by Crippen LogP contribution is 2.48. The summed E-state index contributed by atoms with van der Waals surface area (Å²) in [6.07, 6.45) is 3.57. The summed E-state index contributed by atoms with van der Waals surface area (Å²) < 4.78 is 75.9. The van der Waals surface area contributed by atoms with Crippen LogP contribution in [0.25, 0.3) is 5.57 Å². The van der Waals surface area contributed by atoms with E-state index in [1.165, 1.54) is 36.1 Å². The van der Waals surface area contributed by atoms with Crippen molar-refractivity contribution < 1.29 is 40.3 Å². The average Bonchev–Trinajstić information content (AvgIpc) is 2.89. The number of hydrogen-bond acceptors (Lipinski definition) is 8. The Balaban J connectivity index is 1.97. The van der Waals surface area contributed by atoms with Crippen molar-refractivity contribution in [2.75, 3.05) is 13.6 Å². The second-order valence-electron chi connectivity index (χ2n) is 10.5. The minimum atomic E-state index is -4.95. The van der Waals surface area contributed by atoms with E-state index in [0.29, 0.717) is 18.4 Å². The Bertz CT molecular complexity index is 1790. The zero-order chi connectivity index (χ0) is 31.1. The second kappa shape index (κ2) is 11.6. The van der Waals surface area contributed by atoms with Gasteiger partial charge in [0.25, 0.3) is 26.1 Å². The van der Waals surface area contributed by atoms with Crippen molar-refractivity contribution in [3.05, 3.63) is 87.0 Å². The number of benzene rings is 2. The first-order valence-electron chi connectivity index (χ1n) is 13.1. The van der Waals surface area contributed by atoms with E-state index in [0.717, 1.165) is 0 Å². The third-order valence-corrected chi connectivity index (χ3v) is 9.20. The summed E-state index contributed by atoms with van der Waals surface area (Å²) in [7, 11) is -8.24. The minimum Gasteiger partial charge on any atom is -0.453 e. The van der Waals surface area contributed by atoms with Gasteiger partial charge in [0.05, 0.1) is 6.04 Å². The molecule has 0 saturated carbocycles. The zero-order valence-electron chi connectivity index (χ0n) is 23.5. The van der Waals surface area contributed by atoms with E-state index in [1.54, 1.807) is 31.3 Å². The first-order valence-corrected chi connectivity index (χ1v) is 16.0. The monoisotopic (exact) mass is 616 g/mol. The van der Waals surface area contributed by atoms with Crippen LogP contribution in [0.5, 0.6) is 5.75 Å². The molecule has 0 aromatic heterocycles. The van der Waals surface area contributed by atoms with Gasteiger partial charge >= 0.3 is 0 Å². The van der Waals surface area contributed by atoms with Gasteiger partial charge in [-0.1, -0.05) is 56.3 Å². The highest BCUT2D eigenvalue weighted by Gasteiger charge is 2.39. The van der Waals surface area contributed by atoms with Crippen LogP contribution in [0.15, 0.2) is 69.7 Å². The third-order valence-electron chi connectivity index (χ3n) is 7.16. The number of aryl methyl sites for hydroxylation is 1. The number of allylic oxidation sites excluding steroid dienone is 1. The number of carbonyl (C=O) groups excluding carboxylic acids is 2. The molecule has 2 aromatic rings. The van der Waals surface area contributed by atoms with Crippen LogP contribution >= 0.6 is 0 Å². The van der Waals surface area contributed by atoms with Crippen molar-refractivity contribution in [3.63, 3.8) is 0 Å². The number of nitrogens with two attached hydrogens (primary N) is 1. The summed E-state index contributed by atoms with van der Waals surface area (Å²) in [4.78, 5) is 25.9. The van der Waals surface area contributed by atoms with Crippen LogP contribution in [0, 0.1) is 12.8 Å². The fourth-order valence-corrected chi connectivity index (χ4v) is 6.70. The average molecular weight is 617 g/mol. The Morgan fingerprint density at radius 3 is 2.31 bits per heavy atom. The van der Waals surface area contributed by atoms with Gasteiger partial charge in [0.15, 0.2) is 11.5 Å². The van der Waals surface area contributed by atoms with Crippen molar-refractivity contribution in [3.8, 4) is 5.75 Å². The Hall–Kier alpha value is -3.62. The molecule has 2 aromatic carbocycles. The number of ether oxygens (including phenoxy) is 1. The molecule has 11 nitrogen and oxygen atoms in total. The van der Waals surface area contributed by atoms with Gasteiger partial charge in [-0.3, -0.25) is 18.7 Å². The molecule has 0 spiro atoms. The van der Waals surface area contributed by atoms with Gasteiger partial charge in [0, 0.05) is 48.2 Å². The predicted octanol–water partition coefficient (Wildman–Crippen LogP) is 3.51. The van der Waals surface area contributed by atoms with Gasteiger partial charge < -0.3 is 15.4 Å². The first-order chi connectivity index (χ1) is 19.5. The molecule has 1 aliphatic heterocycles. The molecule has 224 valence electrons. The van der Waals surface area contributed by atoms with Gasteiger partial charge in [-0.15, -0.1) is 0 Å². The summed E-state index contributed by atoms with van der Waals surface area (Å²) >= 11 is 0. The summed E-state index contributed by atoms with van der Waals surface area (Å²) in [5.41, 5.74) is 7.14. The van der Waals surface area contributed by atoms with E-state index in [9.17, 15) is 35.5 Å². The predicted molar refractivity (Wildman–Crippen MR) is 156 cm³/mol. The second-order valence-corrected chi connectivity index (χ2v) is 13.3. The smallest absolute Gasteiger partial charge is 0.298 e. The quantitative estimate of drug-likeness (QED) is 0.353. The van der Waals surface area contributed by atoms with Crippen LogP contribution in [-0.2, 0) is 25.0 Å². The summed E-state index contributed by atoms with van der Waals surface area (Å²) in [6.45, 7) is 5.33. The fourth-order valence-electron chi connectivity index (χ4n) is 5.03. The van der Waals surface area contributed by atoms with Gasteiger partial charge in [0.1, 0.15) is 15.6 Å². The molecule has 13 heteroatoms. The maximum atomic E-state index is 13.7. The molecule has 1 amide bonds. The number of fused-ring (bicyclic) bond motifs is 2. The lowest BCUT2D eigenvalue weighted by Gasteiger charge is -2.31. The van der Waals surface area contributed by atoms with Gasteiger partial charge in [-0.05, 0) is 30.5 Å². The molecule has 0 bridgehead atoms. The van der Waals surface area contributed by atoms with E-state index in [-0.39, 0.29) is 51.8 Å². The summed E-state index contributed by atoms with van der Waals surface area (Å²) in [5.74, 6) is -1.23. The molecule has 0 radical (unpaired) electrons. The van der Waals surface area contributed by atoms with Crippen molar-refractivity contribution in [1.82, 2.24) is 4.90 Å². The van der Waals surface area contributed by atoms with E-state index in [1.807, 2.05) is 13.8 Å². The Labute approximate surface area is 244 Å². The summed E-state index contributed by atoms with van der Waals surface area (Å²) in [6, 6.07) is 8.14. The molecule has 1 heterocycles. The largest absolute Gasteiger partial charge is 0.453 e. The standard InChI is InChI=1S/C29H32N2O9S2/c1-16(2)23(32)10-7-15-31(4)29(33)19-9-6-5-8-18(19)24-20-12-11-17(3)27(41(34,35)36)25(20)40-26-21(24)13-14-22(30)28(26)42(37,38)39/h5-6,8-9,11-14,16,22H,7,10,15,30H2,1-4H3,(H,34,35,36)(H,37,38,39). The van der Waals surface area contributed by atoms with E-state index < -0.39 is 47.7 Å². The molecule has 4 rings (SSSR count). The van der Waals surface area contributed by atoms with Crippen LogP contribution in [-0.4, -0.2) is 62.2 Å². The normalized spacial score (nSPS) is 16.7. The highest BCUT2D eigenvalue weighted by molar-refractivity contribution is 7.90. The zero-order valence-corrected chi connectivity index (χ0v) is 25.1. The number of amides is 1.